The van der Waals surface area contributed by atoms with Gasteiger partial charge in [-0.1, -0.05) is 13.0 Å². The number of aromatic nitrogens is 6. The number of rotatable bonds is 5. The average molecular weight is 365 g/mol. The minimum Gasteiger partial charge on any atom is -0.334 e. The molecule has 1 aliphatic rings. The predicted octanol–water partition coefficient (Wildman–Crippen LogP) is 2.09. The zero-order valence-electron chi connectivity index (χ0n) is 15.6. The van der Waals surface area contributed by atoms with Gasteiger partial charge in [0, 0.05) is 44.5 Å². The quantitative estimate of drug-likeness (QED) is 0.691. The van der Waals surface area contributed by atoms with Gasteiger partial charge in [0.05, 0.1) is 12.6 Å². The Balaban J connectivity index is 1.47. The second kappa shape index (κ2) is 7.30. The molecule has 0 unspecified atom stereocenters. The molecule has 0 aromatic carbocycles. The van der Waals surface area contributed by atoms with E-state index in [0.717, 1.165) is 29.6 Å². The number of fused-ring (bicyclic) bond motifs is 1. The summed E-state index contributed by atoms with van der Waals surface area (Å²) in [7, 11) is 0. The van der Waals surface area contributed by atoms with Gasteiger partial charge in [-0.3, -0.25) is 9.78 Å². The maximum Gasteiger partial charge on any atom is 0.224 e. The number of pyridine rings is 1. The van der Waals surface area contributed by atoms with Crippen LogP contribution in [0.4, 0.5) is 0 Å². The third-order valence-corrected chi connectivity index (χ3v) is 4.96. The van der Waals surface area contributed by atoms with Crippen molar-refractivity contribution in [2.24, 2.45) is 0 Å². The fourth-order valence-corrected chi connectivity index (χ4v) is 3.62. The average Bonchev–Trinajstić information content (AvgIpc) is 3.33. The first kappa shape index (κ1) is 17.4. The Morgan fingerprint density at radius 3 is 2.89 bits per heavy atom. The number of hydrogen-bond donors (Lipinski definition) is 0. The Bertz CT molecular complexity index is 931. The normalized spacial score (nSPS) is 16.4. The van der Waals surface area contributed by atoms with Gasteiger partial charge in [0.25, 0.3) is 0 Å². The topological polar surface area (TPSA) is 81.7 Å². The number of hydrogen-bond acceptors (Lipinski definition) is 5. The van der Waals surface area contributed by atoms with E-state index in [1.54, 1.807) is 12.4 Å². The Kier molecular flexibility index (Phi) is 4.70. The molecule has 1 atom stereocenters. The van der Waals surface area contributed by atoms with E-state index >= 15 is 0 Å². The largest absolute Gasteiger partial charge is 0.334 e. The van der Waals surface area contributed by atoms with Crippen molar-refractivity contribution < 1.29 is 4.79 Å². The van der Waals surface area contributed by atoms with Crippen LogP contribution in [0, 0.1) is 0 Å². The van der Waals surface area contributed by atoms with Gasteiger partial charge < -0.3 is 14.0 Å². The van der Waals surface area contributed by atoms with E-state index in [1.807, 2.05) is 33.9 Å². The fraction of sp³-hybridized carbons (Fsp3) is 0.421. The highest BCUT2D eigenvalue weighted by atomic mass is 16.2. The van der Waals surface area contributed by atoms with Gasteiger partial charge in [-0.05, 0) is 19.1 Å². The SMILES string of the molecule is CCc1nccn1CCC(=O)N1Cc2nnc(-c3ccccn3)n2[C@@H](C)C1. The van der Waals surface area contributed by atoms with Crippen LogP contribution >= 0.6 is 0 Å². The van der Waals surface area contributed by atoms with E-state index in [1.165, 1.54) is 0 Å². The molecule has 3 aromatic rings. The van der Waals surface area contributed by atoms with Crippen molar-refractivity contribution in [2.75, 3.05) is 6.54 Å². The lowest BCUT2D eigenvalue weighted by atomic mass is 10.2. The first-order chi connectivity index (χ1) is 13.2. The number of nitrogens with zero attached hydrogens (tertiary/aromatic N) is 7. The molecule has 0 fully saturated rings. The maximum atomic E-state index is 12.7. The van der Waals surface area contributed by atoms with Crippen LogP contribution in [0.3, 0.4) is 0 Å². The van der Waals surface area contributed by atoms with Gasteiger partial charge in [0.1, 0.15) is 11.5 Å². The van der Waals surface area contributed by atoms with Crippen molar-refractivity contribution in [2.45, 2.75) is 45.8 Å². The van der Waals surface area contributed by atoms with E-state index in [9.17, 15) is 4.79 Å². The van der Waals surface area contributed by atoms with Gasteiger partial charge in [0.2, 0.25) is 5.91 Å². The molecule has 0 N–H and O–H groups in total. The third kappa shape index (κ3) is 3.34. The van der Waals surface area contributed by atoms with Crippen molar-refractivity contribution in [3.05, 3.63) is 48.4 Å². The van der Waals surface area contributed by atoms with E-state index in [4.69, 9.17) is 0 Å². The second-order valence-electron chi connectivity index (χ2n) is 6.79. The zero-order chi connectivity index (χ0) is 18.8. The summed E-state index contributed by atoms with van der Waals surface area (Å²) in [4.78, 5) is 23.3. The first-order valence-electron chi connectivity index (χ1n) is 9.30. The maximum absolute atomic E-state index is 12.7. The second-order valence-corrected chi connectivity index (χ2v) is 6.79. The van der Waals surface area contributed by atoms with Crippen LogP contribution in [0.5, 0.6) is 0 Å². The highest BCUT2D eigenvalue weighted by Crippen LogP contribution is 2.26. The van der Waals surface area contributed by atoms with Gasteiger partial charge in [0.15, 0.2) is 11.6 Å². The highest BCUT2D eigenvalue weighted by Gasteiger charge is 2.29. The van der Waals surface area contributed by atoms with E-state index in [2.05, 4.69) is 38.6 Å². The monoisotopic (exact) mass is 365 g/mol. The third-order valence-electron chi connectivity index (χ3n) is 4.96. The highest BCUT2D eigenvalue weighted by molar-refractivity contribution is 5.76. The molecule has 0 saturated heterocycles. The van der Waals surface area contributed by atoms with Gasteiger partial charge in [-0.2, -0.15) is 0 Å². The number of imidazole rings is 1. The Morgan fingerprint density at radius 1 is 1.22 bits per heavy atom. The molecule has 0 radical (unpaired) electrons. The lowest BCUT2D eigenvalue weighted by Gasteiger charge is -2.32. The van der Waals surface area contributed by atoms with Crippen LogP contribution in [-0.4, -0.2) is 46.7 Å². The molecule has 0 saturated carbocycles. The molecule has 140 valence electrons. The van der Waals surface area contributed by atoms with Gasteiger partial charge in [-0.15, -0.1) is 10.2 Å². The number of carbonyl (C=O) groups excluding carboxylic acids is 1. The van der Waals surface area contributed by atoms with Crippen LogP contribution in [0.15, 0.2) is 36.8 Å². The fourth-order valence-electron chi connectivity index (χ4n) is 3.62. The summed E-state index contributed by atoms with van der Waals surface area (Å²) in [6.45, 7) is 5.93. The predicted molar refractivity (Wildman–Crippen MR) is 99.6 cm³/mol. The minimum absolute atomic E-state index is 0.101. The summed E-state index contributed by atoms with van der Waals surface area (Å²) < 4.78 is 4.14. The molecule has 4 rings (SSSR count). The molecule has 0 bridgehead atoms. The van der Waals surface area contributed by atoms with Gasteiger partial charge in [-0.25, -0.2) is 4.98 Å². The van der Waals surface area contributed by atoms with Crippen LogP contribution in [-0.2, 0) is 24.3 Å². The Morgan fingerprint density at radius 2 is 2.11 bits per heavy atom. The van der Waals surface area contributed by atoms with Crippen molar-refractivity contribution in [1.29, 1.82) is 0 Å². The minimum atomic E-state index is 0.101. The van der Waals surface area contributed by atoms with Crippen molar-refractivity contribution in [3.8, 4) is 11.5 Å². The Labute approximate surface area is 157 Å². The number of carbonyl (C=O) groups is 1. The molecule has 27 heavy (non-hydrogen) atoms. The molecule has 1 amide bonds. The Hall–Kier alpha value is -3.03. The summed E-state index contributed by atoms with van der Waals surface area (Å²) in [6, 6.07) is 5.85. The van der Waals surface area contributed by atoms with Crippen molar-refractivity contribution >= 4 is 5.91 Å². The van der Waals surface area contributed by atoms with Gasteiger partial charge >= 0.3 is 0 Å². The molecule has 0 aliphatic carbocycles. The summed E-state index contributed by atoms with van der Waals surface area (Å²) in [5.74, 6) is 2.71. The number of aryl methyl sites for hydroxylation is 2. The summed E-state index contributed by atoms with van der Waals surface area (Å²) >= 11 is 0. The standard InChI is InChI=1S/C19H23N7O/c1-3-16-21-9-11-24(16)10-7-18(27)25-12-14(2)26-17(13-25)22-23-19(26)15-6-4-5-8-20-15/h4-6,8-9,11,14H,3,7,10,12-13H2,1-2H3/t14-/m0/s1. The zero-order valence-corrected chi connectivity index (χ0v) is 15.6. The molecule has 4 heterocycles. The molecule has 8 heteroatoms. The number of amides is 1. The smallest absolute Gasteiger partial charge is 0.224 e. The summed E-state index contributed by atoms with van der Waals surface area (Å²) in [6.07, 6.45) is 6.79. The van der Waals surface area contributed by atoms with E-state index in [0.29, 0.717) is 26.1 Å². The van der Waals surface area contributed by atoms with E-state index in [-0.39, 0.29) is 11.9 Å². The first-order valence-corrected chi connectivity index (χ1v) is 9.30. The molecule has 0 spiro atoms. The lowest BCUT2D eigenvalue weighted by Crippen LogP contribution is -2.40. The molecule has 1 aliphatic heterocycles. The van der Waals surface area contributed by atoms with Crippen molar-refractivity contribution in [3.63, 3.8) is 0 Å². The molecule has 3 aromatic heterocycles. The lowest BCUT2D eigenvalue weighted by molar-refractivity contribution is -0.133. The molecular formula is C19H23N7O. The summed E-state index contributed by atoms with van der Waals surface area (Å²) in [5, 5.41) is 8.64. The van der Waals surface area contributed by atoms with Crippen LogP contribution < -0.4 is 0 Å². The van der Waals surface area contributed by atoms with Crippen LogP contribution in [0.25, 0.3) is 11.5 Å². The van der Waals surface area contributed by atoms with Crippen LogP contribution in [0.2, 0.25) is 0 Å². The molecule has 8 nitrogen and oxygen atoms in total. The summed E-state index contributed by atoms with van der Waals surface area (Å²) in [5.41, 5.74) is 0.801. The van der Waals surface area contributed by atoms with E-state index < -0.39 is 0 Å². The molecular weight excluding hydrogens is 342 g/mol. The van der Waals surface area contributed by atoms with Crippen LogP contribution in [0.1, 0.15) is 38.0 Å². The van der Waals surface area contributed by atoms with Crippen molar-refractivity contribution in [1.82, 2.24) is 34.2 Å².